The Balaban J connectivity index is 1.63. The summed E-state index contributed by atoms with van der Waals surface area (Å²) in [6.45, 7) is 5.99. The molecule has 1 N–H and O–H groups in total. The molecule has 3 fully saturated rings. The van der Waals surface area contributed by atoms with Crippen LogP contribution < -0.4 is 5.32 Å². The Hall–Kier alpha value is -0.160. The zero-order valence-corrected chi connectivity index (χ0v) is 10.1. The Labute approximate surface area is 97.3 Å². The molecule has 3 rings (SSSR count). The van der Waals surface area contributed by atoms with Gasteiger partial charge in [-0.05, 0) is 19.9 Å². The van der Waals surface area contributed by atoms with Crippen LogP contribution in [0.2, 0.25) is 0 Å². The molecule has 0 aliphatic carbocycles. The van der Waals surface area contributed by atoms with Crippen molar-refractivity contribution in [1.82, 2.24) is 10.2 Å². The number of nitrogens with zero attached hydrogens (tertiary/aromatic N) is 1. The number of hydrogen-bond donors (Lipinski definition) is 1. The van der Waals surface area contributed by atoms with Crippen LogP contribution in [0.25, 0.3) is 0 Å². The molecular formula is C12H22N2O2. The quantitative estimate of drug-likeness (QED) is 0.649. The van der Waals surface area contributed by atoms with Crippen LogP contribution in [-0.4, -0.2) is 57.1 Å². The van der Waals surface area contributed by atoms with Gasteiger partial charge in [0.1, 0.15) is 5.72 Å². The number of nitrogens with one attached hydrogen (secondary N) is 1. The van der Waals surface area contributed by atoms with Gasteiger partial charge in [-0.25, -0.2) is 0 Å². The van der Waals surface area contributed by atoms with E-state index in [1.807, 2.05) is 0 Å². The zero-order chi connectivity index (χ0) is 11.1. The van der Waals surface area contributed by atoms with Gasteiger partial charge in [-0.15, -0.1) is 0 Å². The van der Waals surface area contributed by atoms with Crippen LogP contribution in [0, 0.1) is 5.41 Å². The summed E-state index contributed by atoms with van der Waals surface area (Å²) in [5.74, 6) is 0. The summed E-state index contributed by atoms with van der Waals surface area (Å²) in [7, 11) is 2.17. The van der Waals surface area contributed by atoms with Crippen LogP contribution in [0.3, 0.4) is 0 Å². The fraction of sp³-hybridized carbons (Fsp3) is 1.00. The lowest BCUT2D eigenvalue weighted by molar-refractivity contribution is -0.159. The van der Waals surface area contributed by atoms with Gasteiger partial charge in [0.25, 0.3) is 0 Å². The Morgan fingerprint density at radius 3 is 2.56 bits per heavy atom. The summed E-state index contributed by atoms with van der Waals surface area (Å²) in [5, 5.41) is 3.67. The summed E-state index contributed by atoms with van der Waals surface area (Å²) in [5.41, 5.74) is 0.308. The summed E-state index contributed by atoms with van der Waals surface area (Å²) >= 11 is 0. The van der Waals surface area contributed by atoms with Crippen LogP contribution in [0.1, 0.15) is 19.3 Å². The molecule has 3 aliphatic rings. The normalized spacial score (nSPS) is 39.6. The fourth-order valence-electron chi connectivity index (χ4n) is 3.10. The number of likely N-dealkylation sites (N-methyl/N-ethyl adjacent to an activating group) is 1. The lowest BCUT2D eigenvalue weighted by atomic mass is 9.79. The minimum atomic E-state index is -0.0433. The number of rotatable bonds is 0. The van der Waals surface area contributed by atoms with Gasteiger partial charge in [-0.3, -0.25) is 5.32 Å². The third-order valence-corrected chi connectivity index (χ3v) is 4.42. The summed E-state index contributed by atoms with van der Waals surface area (Å²) in [4.78, 5) is 2.34. The van der Waals surface area contributed by atoms with Gasteiger partial charge in [0.15, 0.2) is 0 Å². The van der Waals surface area contributed by atoms with Crippen molar-refractivity contribution in [3.63, 3.8) is 0 Å². The Kier molecular flexibility index (Phi) is 2.70. The molecule has 1 unspecified atom stereocenters. The smallest absolute Gasteiger partial charge is 0.133 e. The molecule has 2 spiro atoms. The maximum absolute atomic E-state index is 6.18. The van der Waals surface area contributed by atoms with E-state index in [0.717, 1.165) is 58.7 Å². The Morgan fingerprint density at radius 1 is 1.19 bits per heavy atom. The van der Waals surface area contributed by atoms with E-state index >= 15 is 0 Å². The second kappa shape index (κ2) is 3.95. The van der Waals surface area contributed by atoms with E-state index < -0.39 is 0 Å². The zero-order valence-electron chi connectivity index (χ0n) is 10.1. The molecule has 0 bridgehead atoms. The lowest BCUT2D eigenvalue weighted by Gasteiger charge is -2.47. The SMILES string of the molecule is CN1CCC2(C1)NCC1(CCOCC1)CO2. The molecule has 0 aromatic heterocycles. The van der Waals surface area contributed by atoms with Gasteiger partial charge in [-0.1, -0.05) is 0 Å². The standard InChI is InChI=1S/C12H22N2O2/c1-14-5-2-12(9-14)13-8-11(10-16-12)3-6-15-7-4-11/h13H,2-10H2,1H3. The average molecular weight is 226 g/mol. The van der Waals surface area contributed by atoms with Gasteiger partial charge < -0.3 is 14.4 Å². The van der Waals surface area contributed by atoms with Crippen LogP contribution in [0.15, 0.2) is 0 Å². The minimum absolute atomic E-state index is 0.0433. The van der Waals surface area contributed by atoms with E-state index in [9.17, 15) is 0 Å². The van der Waals surface area contributed by atoms with Crippen LogP contribution >= 0.6 is 0 Å². The van der Waals surface area contributed by atoms with Crippen molar-refractivity contribution in [3.05, 3.63) is 0 Å². The first kappa shape index (κ1) is 11.0. The highest BCUT2D eigenvalue weighted by atomic mass is 16.5. The predicted molar refractivity (Wildman–Crippen MR) is 61.3 cm³/mol. The van der Waals surface area contributed by atoms with Crippen molar-refractivity contribution >= 4 is 0 Å². The topological polar surface area (TPSA) is 33.7 Å². The van der Waals surface area contributed by atoms with Crippen molar-refractivity contribution < 1.29 is 9.47 Å². The molecular weight excluding hydrogens is 204 g/mol. The van der Waals surface area contributed by atoms with Gasteiger partial charge in [0.05, 0.1) is 6.61 Å². The monoisotopic (exact) mass is 226 g/mol. The first-order valence-electron chi connectivity index (χ1n) is 6.37. The Morgan fingerprint density at radius 2 is 2.00 bits per heavy atom. The number of likely N-dealkylation sites (tertiary alicyclic amines) is 1. The third kappa shape index (κ3) is 1.88. The van der Waals surface area contributed by atoms with Gasteiger partial charge in [-0.2, -0.15) is 0 Å². The second-order valence-electron chi connectivity index (χ2n) is 5.74. The van der Waals surface area contributed by atoms with Gasteiger partial charge in [0, 0.05) is 44.7 Å². The largest absolute Gasteiger partial charge is 0.381 e. The molecule has 4 heteroatoms. The Bertz CT molecular complexity index is 242. The average Bonchev–Trinajstić information content (AvgIpc) is 2.67. The molecule has 0 radical (unpaired) electrons. The van der Waals surface area contributed by atoms with Crippen LogP contribution in [-0.2, 0) is 9.47 Å². The predicted octanol–water partition coefficient (Wildman–Crippen LogP) is 0.435. The summed E-state index contributed by atoms with van der Waals surface area (Å²) < 4.78 is 11.6. The first-order valence-corrected chi connectivity index (χ1v) is 6.37. The van der Waals surface area contributed by atoms with Crippen molar-refractivity contribution in [1.29, 1.82) is 0 Å². The van der Waals surface area contributed by atoms with E-state index in [1.165, 1.54) is 0 Å². The molecule has 3 heterocycles. The number of hydrogen-bond acceptors (Lipinski definition) is 4. The van der Waals surface area contributed by atoms with Crippen molar-refractivity contribution in [3.8, 4) is 0 Å². The van der Waals surface area contributed by atoms with E-state index in [-0.39, 0.29) is 5.72 Å². The highest BCUT2D eigenvalue weighted by molar-refractivity contribution is 4.97. The van der Waals surface area contributed by atoms with Crippen molar-refractivity contribution in [2.75, 3.05) is 46.5 Å². The first-order chi connectivity index (χ1) is 7.72. The molecule has 3 aliphatic heterocycles. The van der Waals surface area contributed by atoms with E-state index in [0.29, 0.717) is 5.41 Å². The van der Waals surface area contributed by atoms with E-state index in [2.05, 4.69) is 17.3 Å². The summed E-state index contributed by atoms with van der Waals surface area (Å²) in [6.07, 6.45) is 3.41. The third-order valence-electron chi connectivity index (χ3n) is 4.42. The molecule has 4 nitrogen and oxygen atoms in total. The molecule has 16 heavy (non-hydrogen) atoms. The fourth-order valence-corrected chi connectivity index (χ4v) is 3.10. The van der Waals surface area contributed by atoms with E-state index in [4.69, 9.17) is 9.47 Å². The molecule has 1 atom stereocenters. The highest BCUT2D eigenvalue weighted by Gasteiger charge is 2.46. The van der Waals surface area contributed by atoms with Gasteiger partial charge >= 0.3 is 0 Å². The number of ether oxygens (including phenoxy) is 2. The van der Waals surface area contributed by atoms with Gasteiger partial charge in [0.2, 0.25) is 0 Å². The lowest BCUT2D eigenvalue weighted by Crippen LogP contribution is -2.61. The molecule has 0 amide bonds. The summed E-state index contributed by atoms with van der Waals surface area (Å²) in [6, 6.07) is 0. The van der Waals surface area contributed by atoms with Crippen LogP contribution in [0.4, 0.5) is 0 Å². The second-order valence-corrected chi connectivity index (χ2v) is 5.74. The van der Waals surface area contributed by atoms with E-state index in [1.54, 1.807) is 0 Å². The maximum Gasteiger partial charge on any atom is 0.133 e. The highest BCUT2D eigenvalue weighted by Crippen LogP contribution is 2.37. The minimum Gasteiger partial charge on any atom is -0.381 e. The molecule has 92 valence electrons. The van der Waals surface area contributed by atoms with Crippen LogP contribution in [0.5, 0.6) is 0 Å². The molecule has 0 saturated carbocycles. The van der Waals surface area contributed by atoms with Crippen molar-refractivity contribution in [2.24, 2.45) is 5.41 Å². The molecule has 0 aromatic rings. The maximum atomic E-state index is 6.18. The van der Waals surface area contributed by atoms with Crippen molar-refractivity contribution in [2.45, 2.75) is 25.0 Å². The molecule has 3 saturated heterocycles. The molecule has 0 aromatic carbocycles.